The number of carbonyl (C=O) groups excluding carboxylic acids is 1. The Hall–Kier alpha value is -2.46. The lowest BCUT2D eigenvalue weighted by molar-refractivity contribution is -0.120. The Morgan fingerprint density at radius 2 is 1.80 bits per heavy atom. The van der Waals surface area contributed by atoms with E-state index >= 15 is 0 Å². The number of rotatable bonds is 7. The van der Waals surface area contributed by atoms with Gasteiger partial charge in [-0.1, -0.05) is 54.6 Å². The molecule has 1 N–H and O–H groups in total. The molecular weight excluding hydrogens is 328 g/mol. The predicted molar refractivity (Wildman–Crippen MR) is 104 cm³/mol. The number of nitrogens with one attached hydrogen (secondary N) is 1. The highest BCUT2D eigenvalue weighted by Crippen LogP contribution is 2.21. The normalized spacial score (nSPS) is 10.6. The minimum Gasteiger partial charge on any atom is -0.356 e. The molecule has 1 aromatic heterocycles. The Labute approximate surface area is 152 Å². The summed E-state index contributed by atoms with van der Waals surface area (Å²) in [5.74, 6) is 0.0744. The summed E-state index contributed by atoms with van der Waals surface area (Å²) < 4.78 is 0. The highest BCUT2D eigenvalue weighted by atomic mass is 32.1. The number of hydrogen-bond acceptors (Lipinski definition) is 3. The van der Waals surface area contributed by atoms with E-state index < -0.39 is 0 Å². The molecule has 0 aliphatic carbocycles. The van der Waals surface area contributed by atoms with Gasteiger partial charge in [-0.25, -0.2) is 4.98 Å². The topological polar surface area (TPSA) is 42.0 Å². The summed E-state index contributed by atoms with van der Waals surface area (Å²) in [7, 11) is 0. The van der Waals surface area contributed by atoms with Gasteiger partial charge in [-0.05, 0) is 30.9 Å². The molecule has 4 heteroatoms. The molecule has 0 saturated carbocycles. The average Bonchev–Trinajstić information content (AvgIpc) is 3.07. The van der Waals surface area contributed by atoms with Crippen molar-refractivity contribution in [2.45, 2.75) is 26.2 Å². The Balaban J connectivity index is 1.43. The largest absolute Gasteiger partial charge is 0.356 e. The molecule has 3 aromatic rings. The Bertz CT molecular complexity index is 809. The number of benzene rings is 2. The van der Waals surface area contributed by atoms with Crippen LogP contribution in [-0.4, -0.2) is 17.4 Å². The number of amides is 1. The van der Waals surface area contributed by atoms with E-state index in [1.165, 1.54) is 5.56 Å². The van der Waals surface area contributed by atoms with Gasteiger partial charge in [-0.3, -0.25) is 4.79 Å². The summed E-state index contributed by atoms with van der Waals surface area (Å²) in [5.41, 5.74) is 4.43. The second-order valence-corrected chi connectivity index (χ2v) is 7.13. The maximum atomic E-state index is 12.1. The van der Waals surface area contributed by atoms with Crippen LogP contribution in [0.4, 0.5) is 0 Å². The number of hydrogen-bond donors (Lipinski definition) is 1. The first-order valence-electron chi connectivity index (χ1n) is 8.53. The van der Waals surface area contributed by atoms with Gasteiger partial charge in [-0.15, -0.1) is 11.3 Å². The summed E-state index contributed by atoms with van der Waals surface area (Å²) in [5, 5.41) is 6.12. The Morgan fingerprint density at radius 3 is 2.48 bits per heavy atom. The van der Waals surface area contributed by atoms with Crippen LogP contribution in [0, 0.1) is 6.92 Å². The molecule has 0 saturated heterocycles. The molecule has 2 aromatic carbocycles. The van der Waals surface area contributed by atoms with Crippen molar-refractivity contribution in [2.24, 2.45) is 0 Å². The molecule has 0 unspecified atom stereocenters. The Morgan fingerprint density at radius 1 is 1.04 bits per heavy atom. The zero-order valence-electron chi connectivity index (χ0n) is 14.4. The standard InChI is InChI=1S/C21H22N2OS/c1-16-23-20(15-25-16)19-11-9-18(10-12-19)14-21(24)22-13-5-8-17-6-3-2-4-7-17/h2-4,6-7,9-12,15H,5,8,13-14H2,1H3,(H,22,24). The van der Waals surface area contributed by atoms with Gasteiger partial charge >= 0.3 is 0 Å². The lowest BCUT2D eigenvalue weighted by atomic mass is 10.1. The first-order chi connectivity index (χ1) is 12.2. The minimum absolute atomic E-state index is 0.0744. The van der Waals surface area contributed by atoms with Gasteiger partial charge in [0.15, 0.2) is 0 Å². The van der Waals surface area contributed by atoms with E-state index in [4.69, 9.17) is 0 Å². The van der Waals surface area contributed by atoms with Gasteiger partial charge < -0.3 is 5.32 Å². The van der Waals surface area contributed by atoms with E-state index in [2.05, 4.69) is 27.8 Å². The fraction of sp³-hybridized carbons (Fsp3) is 0.238. The second kappa shape index (κ2) is 8.58. The van der Waals surface area contributed by atoms with Crippen molar-refractivity contribution >= 4 is 17.2 Å². The highest BCUT2D eigenvalue weighted by molar-refractivity contribution is 7.09. The molecule has 3 rings (SSSR count). The van der Waals surface area contributed by atoms with E-state index in [9.17, 15) is 4.79 Å². The maximum absolute atomic E-state index is 12.1. The lowest BCUT2D eigenvalue weighted by Crippen LogP contribution is -2.26. The van der Waals surface area contributed by atoms with Gasteiger partial charge in [0, 0.05) is 17.5 Å². The molecule has 0 atom stereocenters. The monoisotopic (exact) mass is 350 g/mol. The molecule has 128 valence electrons. The van der Waals surface area contributed by atoms with Gasteiger partial charge in [0.2, 0.25) is 5.91 Å². The molecule has 1 heterocycles. The van der Waals surface area contributed by atoms with Crippen LogP contribution in [0.5, 0.6) is 0 Å². The third-order valence-corrected chi connectivity index (χ3v) is 4.81. The smallest absolute Gasteiger partial charge is 0.224 e. The van der Waals surface area contributed by atoms with Crippen LogP contribution >= 0.6 is 11.3 Å². The lowest BCUT2D eigenvalue weighted by Gasteiger charge is -2.06. The molecule has 0 aliphatic rings. The number of aryl methyl sites for hydroxylation is 2. The van der Waals surface area contributed by atoms with Crippen molar-refractivity contribution in [3.63, 3.8) is 0 Å². The van der Waals surface area contributed by atoms with Crippen molar-refractivity contribution in [2.75, 3.05) is 6.54 Å². The van der Waals surface area contributed by atoms with Gasteiger partial charge in [0.05, 0.1) is 17.1 Å². The first-order valence-corrected chi connectivity index (χ1v) is 9.41. The highest BCUT2D eigenvalue weighted by Gasteiger charge is 2.05. The fourth-order valence-electron chi connectivity index (χ4n) is 2.70. The third-order valence-electron chi connectivity index (χ3n) is 4.04. The summed E-state index contributed by atoms with van der Waals surface area (Å²) in [6, 6.07) is 18.4. The van der Waals surface area contributed by atoms with Crippen LogP contribution in [-0.2, 0) is 17.6 Å². The summed E-state index contributed by atoms with van der Waals surface area (Å²) in [6.07, 6.45) is 2.36. The van der Waals surface area contributed by atoms with Crippen molar-refractivity contribution in [3.05, 3.63) is 76.1 Å². The number of carbonyl (C=O) groups is 1. The zero-order valence-corrected chi connectivity index (χ0v) is 15.2. The van der Waals surface area contributed by atoms with Crippen molar-refractivity contribution < 1.29 is 4.79 Å². The van der Waals surface area contributed by atoms with Crippen molar-refractivity contribution in [1.29, 1.82) is 0 Å². The summed E-state index contributed by atoms with van der Waals surface area (Å²) in [6.45, 7) is 2.72. The van der Waals surface area contributed by atoms with Crippen LogP contribution in [0.2, 0.25) is 0 Å². The molecular formula is C21H22N2OS. The quantitative estimate of drug-likeness (QED) is 0.641. The number of thiazole rings is 1. The van der Waals surface area contributed by atoms with E-state index in [1.807, 2.05) is 49.4 Å². The molecule has 0 fully saturated rings. The van der Waals surface area contributed by atoms with Crippen molar-refractivity contribution in [3.8, 4) is 11.3 Å². The third kappa shape index (κ3) is 5.26. The SMILES string of the molecule is Cc1nc(-c2ccc(CC(=O)NCCCc3ccccc3)cc2)cs1. The maximum Gasteiger partial charge on any atom is 0.224 e. The molecule has 3 nitrogen and oxygen atoms in total. The van der Waals surface area contributed by atoms with E-state index in [-0.39, 0.29) is 5.91 Å². The predicted octanol–water partition coefficient (Wildman–Crippen LogP) is 4.41. The van der Waals surface area contributed by atoms with Crippen molar-refractivity contribution in [1.82, 2.24) is 10.3 Å². The van der Waals surface area contributed by atoms with Gasteiger partial charge in [0.25, 0.3) is 0 Å². The van der Waals surface area contributed by atoms with Crippen LogP contribution < -0.4 is 5.32 Å². The first kappa shape index (κ1) is 17.4. The molecule has 0 radical (unpaired) electrons. The van der Waals surface area contributed by atoms with Crippen LogP contribution in [0.15, 0.2) is 60.0 Å². The zero-order chi connectivity index (χ0) is 17.5. The van der Waals surface area contributed by atoms with E-state index in [1.54, 1.807) is 11.3 Å². The molecule has 0 spiro atoms. The average molecular weight is 350 g/mol. The summed E-state index contributed by atoms with van der Waals surface area (Å²) >= 11 is 1.65. The van der Waals surface area contributed by atoms with Gasteiger partial charge in [-0.2, -0.15) is 0 Å². The molecule has 25 heavy (non-hydrogen) atoms. The van der Waals surface area contributed by atoms with Crippen LogP contribution in [0.25, 0.3) is 11.3 Å². The molecule has 1 amide bonds. The molecule has 0 aliphatic heterocycles. The van der Waals surface area contributed by atoms with E-state index in [0.29, 0.717) is 13.0 Å². The second-order valence-electron chi connectivity index (χ2n) is 6.06. The van der Waals surface area contributed by atoms with Crippen LogP contribution in [0.3, 0.4) is 0 Å². The molecule has 0 bridgehead atoms. The summed E-state index contributed by atoms with van der Waals surface area (Å²) in [4.78, 5) is 16.5. The van der Waals surface area contributed by atoms with E-state index in [0.717, 1.165) is 34.7 Å². The fourth-order valence-corrected chi connectivity index (χ4v) is 3.32. The number of nitrogens with zero attached hydrogens (tertiary/aromatic N) is 1. The Kier molecular flexibility index (Phi) is 5.96. The number of aromatic nitrogens is 1. The van der Waals surface area contributed by atoms with Gasteiger partial charge in [0.1, 0.15) is 0 Å². The minimum atomic E-state index is 0.0744. The van der Waals surface area contributed by atoms with Crippen LogP contribution in [0.1, 0.15) is 22.6 Å².